The van der Waals surface area contributed by atoms with Crippen LogP contribution in [0.5, 0.6) is 0 Å². The topological polar surface area (TPSA) is 148 Å². The number of fused-ring (bicyclic) bond motifs is 1. The fourth-order valence-corrected chi connectivity index (χ4v) is 2.05. The second kappa shape index (κ2) is 5.70. The largest absolute Gasteiger partial charge is 0.478 e. The quantitative estimate of drug-likeness (QED) is 0.628. The predicted molar refractivity (Wildman–Crippen MR) is 79.3 cm³/mol. The summed E-state index contributed by atoms with van der Waals surface area (Å²) in [6, 6.07) is 2.90. The Kier molecular flexibility index (Phi) is 3.69. The number of amides is 1. The number of aromatic nitrogens is 5. The lowest BCUT2D eigenvalue weighted by Crippen LogP contribution is -2.18. The molecule has 3 rings (SSSR count). The second-order valence-corrected chi connectivity index (χ2v) is 4.96. The molecule has 0 spiro atoms. The standard InChI is InChI=1S/C12H7ClFN7O3/c13-5-2-8(4(12(23)24)1-6(5)14)16-11(22)9-3-7(15)10-17-19-20-21(10)18-9/h1-3H,15H2,(H,16,22)(H,23,24). The minimum absolute atomic E-state index is 0.0933. The number of hydrogen-bond acceptors (Lipinski definition) is 7. The van der Waals surface area contributed by atoms with Crippen molar-refractivity contribution in [3.63, 3.8) is 0 Å². The van der Waals surface area contributed by atoms with Crippen molar-refractivity contribution in [2.75, 3.05) is 11.1 Å². The van der Waals surface area contributed by atoms with Gasteiger partial charge in [0.15, 0.2) is 5.69 Å². The number of tetrazole rings is 1. The molecule has 1 aromatic carbocycles. The van der Waals surface area contributed by atoms with Gasteiger partial charge in [0.1, 0.15) is 5.82 Å². The highest BCUT2D eigenvalue weighted by Crippen LogP contribution is 2.25. The molecule has 0 unspecified atom stereocenters. The molecular weight excluding hydrogens is 345 g/mol. The molecule has 4 N–H and O–H groups in total. The maximum absolute atomic E-state index is 13.4. The summed E-state index contributed by atoms with van der Waals surface area (Å²) in [5.74, 6) is -3.17. The Bertz CT molecular complexity index is 990. The van der Waals surface area contributed by atoms with E-state index in [-0.39, 0.29) is 27.7 Å². The Morgan fingerprint density at radius 2 is 2.08 bits per heavy atom. The summed E-state index contributed by atoms with van der Waals surface area (Å²) < 4.78 is 14.4. The zero-order valence-corrected chi connectivity index (χ0v) is 12.3. The third-order valence-electron chi connectivity index (χ3n) is 2.98. The van der Waals surface area contributed by atoms with Crippen LogP contribution in [-0.2, 0) is 0 Å². The number of aromatic carboxylic acids is 1. The van der Waals surface area contributed by atoms with Crippen molar-refractivity contribution in [2.24, 2.45) is 0 Å². The molecule has 0 radical (unpaired) electrons. The Hall–Kier alpha value is -3.34. The number of rotatable bonds is 3. The van der Waals surface area contributed by atoms with Crippen LogP contribution < -0.4 is 11.1 Å². The van der Waals surface area contributed by atoms with E-state index in [1.807, 2.05) is 0 Å². The minimum atomic E-state index is -1.44. The van der Waals surface area contributed by atoms with Crippen molar-refractivity contribution in [1.29, 1.82) is 0 Å². The van der Waals surface area contributed by atoms with Crippen molar-refractivity contribution in [3.8, 4) is 0 Å². The van der Waals surface area contributed by atoms with E-state index in [0.717, 1.165) is 10.7 Å². The van der Waals surface area contributed by atoms with Crippen LogP contribution in [0.25, 0.3) is 5.65 Å². The molecule has 0 aliphatic carbocycles. The Morgan fingerprint density at radius 3 is 2.79 bits per heavy atom. The van der Waals surface area contributed by atoms with Gasteiger partial charge in [0, 0.05) is 0 Å². The van der Waals surface area contributed by atoms with Gasteiger partial charge in [0.2, 0.25) is 5.65 Å². The fourth-order valence-electron chi connectivity index (χ4n) is 1.89. The number of halogens is 2. The molecule has 10 nitrogen and oxygen atoms in total. The van der Waals surface area contributed by atoms with E-state index in [1.54, 1.807) is 0 Å². The number of carbonyl (C=O) groups is 2. The van der Waals surface area contributed by atoms with E-state index in [0.29, 0.717) is 6.07 Å². The molecule has 2 aromatic heterocycles. The van der Waals surface area contributed by atoms with Gasteiger partial charge in [-0.3, -0.25) is 4.79 Å². The first kappa shape index (κ1) is 15.6. The number of carbonyl (C=O) groups excluding carboxylic acids is 1. The van der Waals surface area contributed by atoms with Crippen LogP contribution in [0, 0.1) is 5.82 Å². The molecule has 0 bridgehead atoms. The van der Waals surface area contributed by atoms with Crippen LogP contribution in [0.2, 0.25) is 5.02 Å². The van der Waals surface area contributed by atoms with Crippen molar-refractivity contribution in [2.45, 2.75) is 0 Å². The summed E-state index contributed by atoms with van der Waals surface area (Å²) in [4.78, 5) is 23.4. The van der Waals surface area contributed by atoms with Crippen LogP contribution in [0.3, 0.4) is 0 Å². The number of nitrogens with zero attached hydrogens (tertiary/aromatic N) is 5. The van der Waals surface area contributed by atoms with E-state index in [9.17, 15) is 14.0 Å². The van der Waals surface area contributed by atoms with Gasteiger partial charge in [-0.1, -0.05) is 11.6 Å². The third kappa shape index (κ3) is 2.67. The molecule has 0 aliphatic heterocycles. The van der Waals surface area contributed by atoms with E-state index in [1.165, 1.54) is 6.07 Å². The first-order valence-electron chi connectivity index (χ1n) is 6.25. The molecule has 2 heterocycles. The number of carboxylic acids is 1. The third-order valence-corrected chi connectivity index (χ3v) is 3.27. The summed E-state index contributed by atoms with van der Waals surface area (Å²) in [6.07, 6.45) is 0. The molecular formula is C12H7ClFN7O3. The molecule has 0 fully saturated rings. The van der Waals surface area contributed by atoms with Gasteiger partial charge >= 0.3 is 5.97 Å². The fraction of sp³-hybridized carbons (Fsp3) is 0. The normalized spacial score (nSPS) is 10.8. The zero-order valence-electron chi connectivity index (χ0n) is 11.6. The SMILES string of the molecule is Nc1cc(C(=O)Nc2cc(Cl)c(F)cc2C(=O)O)nn2nnnc12. The molecule has 122 valence electrons. The number of nitrogens with one attached hydrogen (secondary N) is 1. The van der Waals surface area contributed by atoms with Gasteiger partial charge < -0.3 is 16.2 Å². The van der Waals surface area contributed by atoms with Crippen molar-refractivity contribution >= 4 is 40.5 Å². The van der Waals surface area contributed by atoms with E-state index >= 15 is 0 Å². The molecule has 3 aromatic rings. The summed E-state index contributed by atoms with van der Waals surface area (Å²) in [6.45, 7) is 0. The molecule has 0 saturated heterocycles. The van der Waals surface area contributed by atoms with E-state index in [2.05, 4.69) is 25.9 Å². The molecule has 1 amide bonds. The van der Waals surface area contributed by atoms with E-state index in [4.69, 9.17) is 22.4 Å². The summed E-state index contributed by atoms with van der Waals surface area (Å²) in [5, 5.41) is 25.4. The van der Waals surface area contributed by atoms with Gasteiger partial charge in [0.25, 0.3) is 5.91 Å². The van der Waals surface area contributed by atoms with Crippen LogP contribution in [-0.4, -0.2) is 42.2 Å². The summed E-state index contributed by atoms with van der Waals surface area (Å²) >= 11 is 5.62. The number of hydrogen-bond donors (Lipinski definition) is 3. The van der Waals surface area contributed by atoms with Crippen LogP contribution in [0.4, 0.5) is 15.8 Å². The lowest BCUT2D eigenvalue weighted by atomic mass is 10.1. The number of anilines is 2. The highest BCUT2D eigenvalue weighted by Gasteiger charge is 2.19. The Balaban J connectivity index is 1.99. The highest BCUT2D eigenvalue weighted by atomic mass is 35.5. The first-order chi connectivity index (χ1) is 11.4. The monoisotopic (exact) mass is 351 g/mol. The highest BCUT2D eigenvalue weighted by molar-refractivity contribution is 6.31. The van der Waals surface area contributed by atoms with Gasteiger partial charge in [-0.25, -0.2) is 9.18 Å². The smallest absolute Gasteiger partial charge is 0.337 e. The Morgan fingerprint density at radius 1 is 1.33 bits per heavy atom. The second-order valence-electron chi connectivity index (χ2n) is 4.55. The summed E-state index contributed by atoms with van der Waals surface area (Å²) in [7, 11) is 0. The van der Waals surface area contributed by atoms with E-state index < -0.39 is 23.3 Å². The number of benzene rings is 1. The van der Waals surface area contributed by atoms with Crippen LogP contribution >= 0.6 is 11.6 Å². The van der Waals surface area contributed by atoms with Gasteiger partial charge in [-0.15, -0.1) is 14.8 Å². The molecule has 0 aliphatic rings. The maximum atomic E-state index is 13.4. The number of nitrogens with two attached hydrogens (primary N) is 1. The maximum Gasteiger partial charge on any atom is 0.337 e. The van der Waals surface area contributed by atoms with Gasteiger partial charge in [-0.05, 0) is 28.6 Å². The minimum Gasteiger partial charge on any atom is -0.478 e. The number of carboxylic acid groups (broad SMARTS) is 1. The molecule has 0 saturated carbocycles. The van der Waals surface area contributed by atoms with Crippen LogP contribution in [0.1, 0.15) is 20.8 Å². The summed E-state index contributed by atoms with van der Waals surface area (Å²) in [5.41, 5.74) is 5.11. The lowest BCUT2D eigenvalue weighted by Gasteiger charge is -2.09. The lowest BCUT2D eigenvalue weighted by molar-refractivity contribution is 0.0697. The zero-order chi connectivity index (χ0) is 17.4. The van der Waals surface area contributed by atoms with Crippen molar-refractivity contribution in [1.82, 2.24) is 25.3 Å². The van der Waals surface area contributed by atoms with Crippen molar-refractivity contribution < 1.29 is 19.1 Å². The van der Waals surface area contributed by atoms with Gasteiger partial charge in [0.05, 0.1) is 22.0 Å². The number of nitrogen functional groups attached to an aromatic ring is 1. The first-order valence-corrected chi connectivity index (χ1v) is 6.63. The molecule has 24 heavy (non-hydrogen) atoms. The Labute approximate surface area is 137 Å². The average molecular weight is 352 g/mol. The predicted octanol–water partition coefficient (Wildman–Crippen LogP) is 0.845. The molecule has 0 atom stereocenters. The molecule has 12 heteroatoms. The van der Waals surface area contributed by atoms with Crippen molar-refractivity contribution in [3.05, 3.63) is 40.3 Å². The van der Waals surface area contributed by atoms with Crippen LogP contribution in [0.15, 0.2) is 18.2 Å². The van der Waals surface area contributed by atoms with Gasteiger partial charge in [-0.2, -0.15) is 0 Å². The average Bonchev–Trinajstić information content (AvgIpc) is 2.99.